The lowest BCUT2D eigenvalue weighted by molar-refractivity contribution is 0.0772. The molecule has 1 aromatic carbocycles. The molecule has 0 aliphatic carbocycles. The summed E-state index contributed by atoms with van der Waals surface area (Å²) in [6.07, 6.45) is 1.41. The highest BCUT2D eigenvalue weighted by molar-refractivity contribution is 7.99. The van der Waals surface area contributed by atoms with Crippen LogP contribution in [-0.2, 0) is 4.74 Å². The Balaban J connectivity index is 2.01. The molecule has 1 aromatic rings. The molecule has 1 N–H and O–H groups in total. The van der Waals surface area contributed by atoms with Gasteiger partial charge in [-0.25, -0.2) is 0 Å². The van der Waals surface area contributed by atoms with Crippen molar-refractivity contribution in [3.8, 4) is 5.75 Å². The van der Waals surface area contributed by atoms with Crippen LogP contribution in [0.3, 0.4) is 0 Å². The molecule has 1 rings (SSSR count). The van der Waals surface area contributed by atoms with E-state index in [1.165, 1.54) is 4.90 Å². The van der Waals surface area contributed by atoms with Crippen LogP contribution in [-0.4, -0.2) is 38.7 Å². The maximum absolute atomic E-state index is 5.48. The van der Waals surface area contributed by atoms with Crippen molar-refractivity contribution in [1.82, 2.24) is 5.32 Å². The number of thioether (sulfide) groups is 1. The zero-order valence-corrected chi connectivity index (χ0v) is 13.0. The molecule has 0 heterocycles. The molecule has 0 amide bonds. The number of hydrogen-bond donors (Lipinski definition) is 1. The van der Waals surface area contributed by atoms with Crippen LogP contribution in [0.25, 0.3) is 0 Å². The third-order valence-electron chi connectivity index (χ3n) is 2.54. The summed E-state index contributed by atoms with van der Waals surface area (Å²) in [5.74, 6) is 1.99. The average Bonchev–Trinajstić information content (AvgIpc) is 2.41. The Hall–Kier alpha value is -0.710. The van der Waals surface area contributed by atoms with E-state index in [2.05, 4.69) is 31.3 Å². The fraction of sp³-hybridized carbons (Fsp3) is 0.600. The minimum absolute atomic E-state index is 0.337. The molecule has 19 heavy (non-hydrogen) atoms. The molecule has 0 saturated carbocycles. The lowest BCUT2D eigenvalue weighted by Gasteiger charge is -2.08. The first-order chi connectivity index (χ1) is 9.22. The van der Waals surface area contributed by atoms with Crippen molar-refractivity contribution in [3.05, 3.63) is 24.3 Å². The molecule has 0 atom stereocenters. The van der Waals surface area contributed by atoms with Crippen LogP contribution in [0.15, 0.2) is 29.2 Å². The van der Waals surface area contributed by atoms with E-state index in [0.717, 1.165) is 37.6 Å². The van der Waals surface area contributed by atoms with E-state index in [0.29, 0.717) is 6.10 Å². The molecular weight excluding hydrogens is 258 g/mol. The van der Waals surface area contributed by atoms with Crippen LogP contribution >= 0.6 is 11.8 Å². The summed E-state index contributed by atoms with van der Waals surface area (Å²) in [4.78, 5) is 1.25. The van der Waals surface area contributed by atoms with Gasteiger partial charge in [-0.1, -0.05) is 6.07 Å². The zero-order chi connectivity index (χ0) is 13.9. The van der Waals surface area contributed by atoms with Crippen LogP contribution in [0.1, 0.15) is 20.3 Å². The summed E-state index contributed by atoms with van der Waals surface area (Å²) < 4.78 is 10.7. The van der Waals surface area contributed by atoms with E-state index in [1.807, 2.05) is 23.9 Å². The molecule has 3 nitrogen and oxygen atoms in total. The van der Waals surface area contributed by atoms with E-state index >= 15 is 0 Å². The van der Waals surface area contributed by atoms with Crippen LogP contribution in [0.2, 0.25) is 0 Å². The van der Waals surface area contributed by atoms with Gasteiger partial charge >= 0.3 is 0 Å². The first-order valence-corrected chi connectivity index (χ1v) is 7.80. The lowest BCUT2D eigenvalue weighted by Crippen LogP contribution is -2.20. The Bertz CT molecular complexity index is 345. The number of methoxy groups -OCH3 is 1. The molecule has 0 saturated heterocycles. The topological polar surface area (TPSA) is 30.5 Å². The molecule has 108 valence electrons. The van der Waals surface area contributed by atoms with Gasteiger partial charge in [0.25, 0.3) is 0 Å². The van der Waals surface area contributed by atoms with Gasteiger partial charge in [0, 0.05) is 23.8 Å². The Labute approximate surface area is 121 Å². The summed E-state index contributed by atoms with van der Waals surface area (Å²) in [7, 11) is 1.70. The van der Waals surface area contributed by atoms with Crippen LogP contribution in [0.5, 0.6) is 5.75 Å². The SMILES string of the molecule is COc1cccc(SCCNCCCOC(C)C)c1. The van der Waals surface area contributed by atoms with Crippen molar-refractivity contribution in [2.24, 2.45) is 0 Å². The summed E-state index contributed by atoms with van der Waals surface area (Å²) >= 11 is 1.84. The fourth-order valence-corrected chi connectivity index (χ4v) is 2.43. The minimum atomic E-state index is 0.337. The molecule has 4 heteroatoms. The highest BCUT2D eigenvalue weighted by atomic mass is 32.2. The third-order valence-corrected chi connectivity index (χ3v) is 3.53. The number of hydrogen-bond acceptors (Lipinski definition) is 4. The van der Waals surface area contributed by atoms with Gasteiger partial charge in [0.05, 0.1) is 13.2 Å². The van der Waals surface area contributed by atoms with E-state index < -0.39 is 0 Å². The first-order valence-electron chi connectivity index (χ1n) is 6.81. The normalized spacial score (nSPS) is 10.9. The Kier molecular flexibility index (Phi) is 8.71. The lowest BCUT2D eigenvalue weighted by atomic mass is 10.3. The second kappa shape index (κ2) is 10.1. The van der Waals surface area contributed by atoms with Crippen LogP contribution in [0.4, 0.5) is 0 Å². The van der Waals surface area contributed by atoms with Crippen molar-refractivity contribution >= 4 is 11.8 Å². The molecule has 0 unspecified atom stereocenters. The van der Waals surface area contributed by atoms with E-state index in [9.17, 15) is 0 Å². The molecular formula is C15H25NO2S. The molecule has 0 fully saturated rings. The standard InChI is InChI=1S/C15H25NO2S/c1-13(2)18-10-5-8-16-9-11-19-15-7-4-6-14(12-15)17-3/h4,6-7,12-13,16H,5,8-11H2,1-3H3. The van der Waals surface area contributed by atoms with Gasteiger partial charge in [0.2, 0.25) is 0 Å². The van der Waals surface area contributed by atoms with Crippen molar-refractivity contribution in [3.63, 3.8) is 0 Å². The number of ether oxygens (including phenoxy) is 2. The monoisotopic (exact) mass is 283 g/mol. The van der Waals surface area contributed by atoms with Crippen molar-refractivity contribution in [1.29, 1.82) is 0 Å². The first kappa shape index (κ1) is 16.3. The van der Waals surface area contributed by atoms with Gasteiger partial charge in [-0.05, 0) is 45.0 Å². The van der Waals surface area contributed by atoms with E-state index in [-0.39, 0.29) is 0 Å². The van der Waals surface area contributed by atoms with E-state index in [4.69, 9.17) is 9.47 Å². The predicted octanol–water partition coefficient (Wildman–Crippen LogP) is 3.19. The highest BCUT2D eigenvalue weighted by Gasteiger charge is 1.97. The van der Waals surface area contributed by atoms with Gasteiger partial charge in [0.15, 0.2) is 0 Å². The minimum Gasteiger partial charge on any atom is -0.497 e. The summed E-state index contributed by atoms with van der Waals surface area (Å²) in [6.45, 7) is 7.01. The summed E-state index contributed by atoms with van der Waals surface area (Å²) in [5, 5.41) is 3.43. The summed E-state index contributed by atoms with van der Waals surface area (Å²) in [5.41, 5.74) is 0. The molecule has 0 aliphatic rings. The van der Waals surface area contributed by atoms with Crippen molar-refractivity contribution in [2.45, 2.75) is 31.3 Å². The van der Waals surface area contributed by atoms with Gasteiger partial charge < -0.3 is 14.8 Å². The number of rotatable bonds is 10. The maximum Gasteiger partial charge on any atom is 0.119 e. The maximum atomic E-state index is 5.48. The average molecular weight is 283 g/mol. The van der Waals surface area contributed by atoms with Crippen LogP contribution in [0, 0.1) is 0 Å². The molecule has 0 aromatic heterocycles. The summed E-state index contributed by atoms with van der Waals surface area (Å²) in [6, 6.07) is 8.18. The predicted molar refractivity (Wildman–Crippen MR) is 82.3 cm³/mol. The second-order valence-electron chi connectivity index (χ2n) is 4.55. The quantitative estimate of drug-likeness (QED) is 0.528. The van der Waals surface area contributed by atoms with Gasteiger partial charge in [-0.3, -0.25) is 0 Å². The molecule has 0 spiro atoms. The Morgan fingerprint density at radius 2 is 2.11 bits per heavy atom. The number of benzene rings is 1. The molecule has 0 aliphatic heterocycles. The van der Waals surface area contributed by atoms with Crippen molar-refractivity contribution < 1.29 is 9.47 Å². The largest absolute Gasteiger partial charge is 0.497 e. The van der Waals surface area contributed by atoms with Gasteiger partial charge in [-0.2, -0.15) is 0 Å². The second-order valence-corrected chi connectivity index (χ2v) is 5.72. The zero-order valence-electron chi connectivity index (χ0n) is 12.1. The fourth-order valence-electron chi connectivity index (χ4n) is 1.57. The van der Waals surface area contributed by atoms with Gasteiger partial charge in [0.1, 0.15) is 5.75 Å². The van der Waals surface area contributed by atoms with Crippen LogP contribution < -0.4 is 10.1 Å². The highest BCUT2D eigenvalue weighted by Crippen LogP contribution is 2.22. The van der Waals surface area contributed by atoms with E-state index in [1.54, 1.807) is 7.11 Å². The molecule has 0 radical (unpaired) electrons. The Morgan fingerprint density at radius 3 is 2.84 bits per heavy atom. The molecule has 0 bridgehead atoms. The smallest absolute Gasteiger partial charge is 0.119 e. The number of nitrogens with one attached hydrogen (secondary N) is 1. The van der Waals surface area contributed by atoms with Crippen molar-refractivity contribution in [2.75, 3.05) is 32.6 Å². The van der Waals surface area contributed by atoms with Gasteiger partial charge in [-0.15, -0.1) is 11.8 Å². The third kappa shape index (κ3) is 8.14. The Morgan fingerprint density at radius 1 is 1.26 bits per heavy atom.